The van der Waals surface area contributed by atoms with Gasteiger partial charge in [-0.2, -0.15) is 0 Å². The molecule has 2 aromatic rings. The van der Waals surface area contributed by atoms with E-state index in [9.17, 15) is 13.2 Å². The van der Waals surface area contributed by atoms with Gasteiger partial charge in [0.1, 0.15) is 5.82 Å². The monoisotopic (exact) mass is 223 g/mol. The van der Waals surface area contributed by atoms with Crippen LogP contribution in [0.1, 0.15) is 0 Å². The van der Waals surface area contributed by atoms with Gasteiger partial charge >= 0.3 is 0 Å². The van der Waals surface area contributed by atoms with Gasteiger partial charge in [0.05, 0.1) is 0 Å². The van der Waals surface area contributed by atoms with E-state index in [1.54, 1.807) is 0 Å². The van der Waals surface area contributed by atoms with E-state index < -0.39 is 17.5 Å². The first-order valence-electron chi connectivity index (χ1n) is 4.59. The molecule has 2 aromatic carbocycles. The normalized spacial score (nSPS) is 10.4. The summed E-state index contributed by atoms with van der Waals surface area (Å²) in [6.07, 6.45) is 0. The highest BCUT2D eigenvalue weighted by atomic mass is 19.2. The van der Waals surface area contributed by atoms with Gasteiger partial charge in [0.2, 0.25) is 0 Å². The number of nitrogens with two attached hydrogens (primary N) is 1. The largest absolute Gasteiger partial charge is 0.399 e. The first-order chi connectivity index (χ1) is 7.59. The summed E-state index contributed by atoms with van der Waals surface area (Å²) in [6, 6.07) is 7.34. The molecular weight excluding hydrogens is 215 g/mol. The van der Waals surface area contributed by atoms with Gasteiger partial charge in [0.25, 0.3) is 0 Å². The predicted molar refractivity (Wildman–Crippen MR) is 56.2 cm³/mol. The number of hydrogen-bond acceptors (Lipinski definition) is 1. The van der Waals surface area contributed by atoms with Crippen LogP contribution in [-0.4, -0.2) is 0 Å². The van der Waals surface area contributed by atoms with Crippen molar-refractivity contribution in [2.24, 2.45) is 0 Å². The molecule has 0 aliphatic heterocycles. The van der Waals surface area contributed by atoms with Gasteiger partial charge in [-0.3, -0.25) is 0 Å². The molecule has 16 heavy (non-hydrogen) atoms. The van der Waals surface area contributed by atoms with Gasteiger partial charge in [0, 0.05) is 16.8 Å². The van der Waals surface area contributed by atoms with Crippen LogP contribution >= 0.6 is 0 Å². The van der Waals surface area contributed by atoms with E-state index in [1.165, 1.54) is 24.3 Å². The number of halogens is 3. The Kier molecular flexibility index (Phi) is 2.56. The Morgan fingerprint density at radius 3 is 2.31 bits per heavy atom. The zero-order valence-corrected chi connectivity index (χ0v) is 8.18. The van der Waals surface area contributed by atoms with Crippen LogP contribution in [0.15, 0.2) is 36.4 Å². The van der Waals surface area contributed by atoms with E-state index in [2.05, 4.69) is 0 Å². The minimum Gasteiger partial charge on any atom is -0.399 e. The van der Waals surface area contributed by atoms with Crippen molar-refractivity contribution in [1.82, 2.24) is 0 Å². The third kappa shape index (κ3) is 1.74. The summed E-state index contributed by atoms with van der Waals surface area (Å²) in [5.41, 5.74) is 5.58. The SMILES string of the molecule is Nc1ccc(F)c(-c2cccc(F)c2F)c1. The molecule has 1 nitrogen and oxygen atoms in total. The summed E-state index contributed by atoms with van der Waals surface area (Å²) in [5, 5.41) is 0. The molecule has 0 aliphatic carbocycles. The Balaban J connectivity index is 2.67. The summed E-state index contributed by atoms with van der Waals surface area (Å²) in [7, 11) is 0. The standard InChI is InChI=1S/C12H8F3N/c13-10-5-4-7(16)6-9(10)8-2-1-3-11(14)12(8)15/h1-6H,16H2. The second kappa shape index (κ2) is 3.89. The van der Waals surface area contributed by atoms with E-state index in [0.29, 0.717) is 5.69 Å². The Hall–Kier alpha value is -1.97. The summed E-state index contributed by atoms with van der Waals surface area (Å²) in [5.74, 6) is -2.73. The molecule has 0 amide bonds. The van der Waals surface area contributed by atoms with Crippen molar-refractivity contribution in [3.63, 3.8) is 0 Å². The van der Waals surface area contributed by atoms with Crippen LogP contribution in [0.3, 0.4) is 0 Å². The molecule has 4 heteroatoms. The van der Waals surface area contributed by atoms with E-state index in [-0.39, 0.29) is 11.1 Å². The average Bonchev–Trinajstić information content (AvgIpc) is 2.26. The lowest BCUT2D eigenvalue weighted by molar-refractivity contribution is 0.510. The summed E-state index contributed by atoms with van der Waals surface area (Å²) in [4.78, 5) is 0. The van der Waals surface area contributed by atoms with Crippen molar-refractivity contribution >= 4 is 5.69 Å². The highest BCUT2D eigenvalue weighted by Crippen LogP contribution is 2.28. The smallest absolute Gasteiger partial charge is 0.166 e. The van der Waals surface area contributed by atoms with Crippen LogP contribution in [0.2, 0.25) is 0 Å². The maximum absolute atomic E-state index is 13.4. The fraction of sp³-hybridized carbons (Fsp3) is 0. The van der Waals surface area contributed by atoms with Crippen LogP contribution in [0, 0.1) is 17.5 Å². The molecule has 2 rings (SSSR count). The molecule has 82 valence electrons. The minimum atomic E-state index is -1.08. The van der Waals surface area contributed by atoms with E-state index in [0.717, 1.165) is 12.1 Å². The van der Waals surface area contributed by atoms with Crippen LogP contribution in [0.5, 0.6) is 0 Å². The van der Waals surface area contributed by atoms with Crippen molar-refractivity contribution in [2.45, 2.75) is 0 Å². The summed E-state index contributed by atoms with van der Waals surface area (Å²) < 4.78 is 39.8. The molecule has 0 aromatic heterocycles. The van der Waals surface area contributed by atoms with Crippen molar-refractivity contribution in [1.29, 1.82) is 0 Å². The molecule has 0 bridgehead atoms. The molecule has 0 radical (unpaired) electrons. The number of hydrogen-bond donors (Lipinski definition) is 1. The maximum atomic E-state index is 13.4. The van der Waals surface area contributed by atoms with E-state index >= 15 is 0 Å². The van der Waals surface area contributed by atoms with Crippen molar-refractivity contribution in [2.75, 3.05) is 5.73 Å². The lowest BCUT2D eigenvalue weighted by atomic mass is 10.0. The third-order valence-corrected chi connectivity index (χ3v) is 2.23. The van der Waals surface area contributed by atoms with Gasteiger partial charge in [-0.05, 0) is 24.3 Å². The second-order valence-corrected chi connectivity index (χ2v) is 3.34. The molecule has 0 unspecified atom stereocenters. The Morgan fingerprint density at radius 1 is 0.812 bits per heavy atom. The Morgan fingerprint density at radius 2 is 1.56 bits per heavy atom. The second-order valence-electron chi connectivity index (χ2n) is 3.34. The molecule has 0 saturated heterocycles. The quantitative estimate of drug-likeness (QED) is 0.737. The van der Waals surface area contributed by atoms with Crippen LogP contribution in [0.4, 0.5) is 18.9 Å². The first kappa shape index (κ1) is 10.5. The topological polar surface area (TPSA) is 26.0 Å². The molecule has 0 aliphatic rings. The maximum Gasteiger partial charge on any atom is 0.166 e. The van der Waals surface area contributed by atoms with E-state index in [1.807, 2.05) is 0 Å². The molecule has 0 saturated carbocycles. The lowest BCUT2D eigenvalue weighted by Crippen LogP contribution is -1.94. The fourth-order valence-electron chi connectivity index (χ4n) is 1.46. The van der Waals surface area contributed by atoms with Crippen LogP contribution < -0.4 is 5.73 Å². The Bertz CT molecular complexity index is 538. The van der Waals surface area contributed by atoms with Gasteiger partial charge in [-0.25, -0.2) is 13.2 Å². The third-order valence-electron chi connectivity index (χ3n) is 2.23. The molecule has 0 spiro atoms. The molecule has 0 heterocycles. The minimum absolute atomic E-state index is 0.0444. The van der Waals surface area contributed by atoms with Gasteiger partial charge in [0.15, 0.2) is 11.6 Å². The van der Waals surface area contributed by atoms with Crippen molar-refractivity contribution in [3.05, 3.63) is 53.8 Å². The molecule has 2 N–H and O–H groups in total. The number of anilines is 1. The number of rotatable bonds is 1. The van der Waals surface area contributed by atoms with Crippen LogP contribution in [-0.2, 0) is 0 Å². The van der Waals surface area contributed by atoms with E-state index in [4.69, 9.17) is 5.73 Å². The highest BCUT2D eigenvalue weighted by Gasteiger charge is 2.13. The molecule has 0 fully saturated rings. The summed E-state index contributed by atoms with van der Waals surface area (Å²) in [6.45, 7) is 0. The lowest BCUT2D eigenvalue weighted by Gasteiger charge is -2.06. The van der Waals surface area contributed by atoms with Gasteiger partial charge < -0.3 is 5.73 Å². The molecular formula is C12H8F3N. The summed E-state index contributed by atoms with van der Waals surface area (Å²) >= 11 is 0. The first-order valence-corrected chi connectivity index (χ1v) is 4.59. The van der Waals surface area contributed by atoms with Gasteiger partial charge in [-0.15, -0.1) is 0 Å². The number of nitrogen functional groups attached to an aromatic ring is 1. The average molecular weight is 223 g/mol. The van der Waals surface area contributed by atoms with Gasteiger partial charge in [-0.1, -0.05) is 12.1 Å². The van der Waals surface area contributed by atoms with Crippen molar-refractivity contribution in [3.8, 4) is 11.1 Å². The fourth-order valence-corrected chi connectivity index (χ4v) is 1.46. The van der Waals surface area contributed by atoms with Crippen LogP contribution in [0.25, 0.3) is 11.1 Å². The predicted octanol–water partition coefficient (Wildman–Crippen LogP) is 3.35. The highest BCUT2D eigenvalue weighted by molar-refractivity contribution is 5.68. The number of benzene rings is 2. The zero-order chi connectivity index (χ0) is 11.7. The zero-order valence-electron chi connectivity index (χ0n) is 8.18. The Labute approximate surface area is 90.3 Å². The van der Waals surface area contributed by atoms with Crippen molar-refractivity contribution < 1.29 is 13.2 Å². The molecule has 0 atom stereocenters.